The highest BCUT2D eigenvalue weighted by molar-refractivity contribution is 6.17. The number of alkyl halides is 1. The van der Waals surface area contributed by atoms with E-state index < -0.39 is 0 Å². The minimum Gasteiger partial charge on any atom is -0.328 e. The highest BCUT2D eigenvalue weighted by Gasteiger charge is 2.13. The first-order valence-electron chi connectivity index (χ1n) is 7.21. The molecule has 0 atom stereocenters. The van der Waals surface area contributed by atoms with Crippen LogP contribution in [0.15, 0.2) is 18.2 Å². The highest BCUT2D eigenvalue weighted by Crippen LogP contribution is 2.22. The number of nitrogens with zero attached hydrogens (tertiary/aromatic N) is 2. The normalized spacial score (nSPS) is 11.6. The molecule has 0 radical (unpaired) electrons. The number of fused-ring (bicyclic) bond motifs is 1. The van der Waals surface area contributed by atoms with Gasteiger partial charge in [0, 0.05) is 18.8 Å². The van der Waals surface area contributed by atoms with Crippen LogP contribution in [-0.2, 0) is 13.0 Å². The second-order valence-corrected chi connectivity index (χ2v) is 5.63. The fourth-order valence-corrected chi connectivity index (χ4v) is 2.74. The molecule has 0 spiro atoms. The first-order chi connectivity index (χ1) is 9.19. The molecule has 0 bridgehead atoms. The smallest absolute Gasteiger partial charge is 0.111 e. The van der Waals surface area contributed by atoms with Gasteiger partial charge in [0.25, 0.3) is 0 Å². The van der Waals surface area contributed by atoms with Crippen molar-refractivity contribution in [1.29, 1.82) is 0 Å². The number of aromatic nitrogens is 2. The van der Waals surface area contributed by atoms with Gasteiger partial charge in [0.2, 0.25) is 0 Å². The van der Waals surface area contributed by atoms with Gasteiger partial charge in [0.15, 0.2) is 0 Å². The van der Waals surface area contributed by atoms with Crippen LogP contribution in [0.5, 0.6) is 0 Å². The summed E-state index contributed by atoms with van der Waals surface area (Å²) in [4.78, 5) is 4.74. The van der Waals surface area contributed by atoms with Crippen molar-refractivity contribution >= 4 is 22.6 Å². The Kier molecular flexibility index (Phi) is 4.87. The van der Waals surface area contributed by atoms with Crippen molar-refractivity contribution < 1.29 is 0 Å². The van der Waals surface area contributed by atoms with Gasteiger partial charge < -0.3 is 4.57 Å². The van der Waals surface area contributed by atoms with Crippen molar-refractivity contribution in [2.75, 3.05) is 5.88 Å². The molecule has 1 heterocycles. The number of rotatable bonds is 6. The van der Waals surface area contributed by atoms with E-state index in [-0.39, 0.29) is 0 Å². The number of hydrogen-bond donors (Lipinski definition) is 0. The Morgan fingerprint density at radius 2 is 2.00 bits per heavy atom. The summed E-state index contributed by atoms with van der Waals surface area (Å²) in [5.74, 6) is 2.47. The monoisotopic (exact) mass is 278 g/mol. The van der Waals surface area contributed by atoms with Crippen LogP contribution in [0.3, 0.4) is 0 Å². The van der Waals surface area contributed by atoms with Crippen LogP contribution >= 0.6 is 11.6 Å². The van der Waals surface area contributed by atoms with Crippen LogP contribution in [0.25, 0.3) is 11.0 Å². The molecule has 0 aliphatic heterocycles. The molecule has 1 aromatic heterocycles. The lowest BCUT2D eigenvalue weighted by Gasteiger charge is -2.16. The van der Waals surface area contributed by atoms with Crippen molar-refractivity contribution in [3.8, 4) is 0 Å². The van der Waals surface area contributed by atoms with Gasteiger partial charge in [0.1, 0.15) is 5.82 Å². The van der Waals surface area contributed by atoms with Crippen LogP contribution in [0.2, 0.25) is 0 Å². The van der Waals surface area contributed by atoms with Crippen LogP contribution in [-0.4, -0.2) is 15.4 Å². The summed E-state index contributed by atoms with van der Waals surface area (Å²) in [7, 11) is 0. The van der Waals surface area contributed by atoms with Crippen LogP contribution in [0, 0.1) is 12.8 Å². The molecule has 0 fully saturated rings. The molecule has 3 heteroatoms. The molecule has 0 aliphatic rings. The van der Waals surface area contributed by atoms with Gasteiger partial charge in [0.05, 0.1) is 11.0 Å². The second kappa shape index (κ2) is 6.42. The van der Waals surface area contributed by atoms with E-state index in [4.69, 9.17) is 16.6 Å². The van der Waals surface area contributed by atoms with Crippen molar-refractivity contribution in [1.82, 2.24) is 9.55 Å². The summed E-state index contributed by atoms with van der Waals surface area (Å²) in [5, 5.41) is 0. The van der Waals surface area contributed by atoms with Crippen LogP contribution in [0.4, 0.5) is 0 Å². The van der Waals surface area contributed by atoms with E-state index in [1.54, 1.807) is 0 Å². The predicted molar refractivity (Wildman–Crippen MR) is 83.0 cm³/mol. The lowest BCUT2D eigenvalue weighted by molar-refractivity contribution is 0.417. The van der Waals surface area contributed by atoms with Gasteiger partial charge in [-0.1, -0.05) is 32.8 Å². The molecule has 2 rings (SSSR count). The summed E-state index contributed by atoms with van der Waals surface area (Å²) >= 11 is 5.92. The minimum absolute atomic E-state index is 0.630. The molecule has 2 nitrogen and oxygen atoms in total. The maximum atomic E-state index is 5.92. The maximum absolute atomic E-state index is 5.92. The molecule has 0 amide bonds. The molecule has 0 saturated heterocycles. The average Bonchev–Trinajstić information content (AvgIpc) is 2.73. The van der Waals surface area contributed by atoms with Crippen molar-refractivity contribution in [2.45, 2.75) is 46.6 Å². The number of aryl methyl sites for hydroxylation is 2. The molecule has 2 aromatic rings. The quantitative estimate of drug-likeness (QED) is 0.708. The molecule has 0 unspecified atom stereocenters. The van der Waals surface area contributed by atoms with Gasteiger partial charge in [-0.2, -0.15) is 0 Å². The van der Waals surface area contributed by atoms with Gasteiger partial charge in [-0.3, -0.25) is 0 Å². The summed E-state index contributed by atoms with van der Waals surface area (Å²) in [6, 6.07) is 6.48. The third kappa shape index (κ3) is 3.11. The van der Waals surface area contributed by atoms with Gasteiger partial charge in [-0.15, -0.1) is 11.6 Å². The first kappa shape index (κ1) is 14.4. The summed E-state index contributed by atoms with van der Waals surface area (Å²) in [6.45, 7) is 7.72. The minimum atomic E-state index is 0.630. The number of halogens is 1. The Bertz CT molecular complexity index is 541. The predicted octanol–water partition coefficient (Wildman–Crippen LogP) is 4.56. The van der Waals surface area contributed by atoms with Crippen molar-refractivity contribution in [3.63, 3.8) is 0 Å². The highest BCUT2D eigenvalue weighted by atomic mass is 35.5. The fourth-order valence-electron chi connectivity index (χ4n) is 2.57. The number of benzene rings is 1. The van der Waals surface area contributed by atoms with Gasteiger partial charge >= 0.3 is 0 Å². The molecule has 0 N–H and O–H groups in total. The van der Waals surface area contributed by atoms with Crippen molar-refractivity contribution in [3.05, 3.63) is 29.6 Å². The zero-order valence-electron chi connectivity index (χ0n) is 12.1. The zero-order chi connectivity index (χ0) is 13.8. The topological polar surface area (TPSA) is 17.8 Å². The number of imidazole rings is 1. The van der Waals surface area contributed by atoms with Gasteiger partial charge in [-0.05, 0) is 30.5 Å². The Morgan fingerprint density at radius 1 is 1.26 bits per heavy atom. The van der Waals surface area contributed by atoms with Crippen molar-refractivity contribution in [2.24, 2.45) is 5.92 Å². The molecule has 0 aliphatic carbocycles. The van der Waals surface area contributed by atoms with Crippen LogP contribution in [0.1, 0.15) is 38.1 Å². The molecule has 19 heavy (non-hydrogen) atoms. The SMILES string of the molecule is CCC(CC)Cn1c(CCCl)nc2ccc(C)cc21. The van der Waals surface area contributed by atoms with E-state index in [0.29, 0.717) is 11.8 Å². The van der Waals surface area contributed by atoms with Crippen LogP contribution < -0.4 is 0 Å². The average molecular weight is 279 g/mol. The Morgan fingerprint density at radius 3 is 2.63 bits per heavy atom. The third-order valence-corrected chi connectivity index (χ3v) is 4.09. The summed E-state index contributed by atoms with van der Waals surface area (Å²) in [6.07, 6.45) is 3.26. The van der Waals surface area contributed by atoms with E-state index in [1.165, 1.54) is 23.9 Å². The molecular weight excluding hydrogens is 256 g/mol. The standard InChI is InChI=1S/C16H23ClN2/c1-4-13(5-2)11-19-15-10-12(3)6-7-14(15)18-16(19)8-9-17/h6-7,10,13H,4-5,8-9,11H2,1-3H3. The lowest BCUT2D eigenvalue weighted by atomic mass is 10.0. The van der Waals surface area contributed by atoms with E-state index in [1.807, 2.05) is 0 Å². The maximum Gasteiger partial charge on any atom is 0.111 e. The summed E-state index contributed by atoms with van der Waals surface area (Å²) in [5.41, 5.74) is 3.64. The van der Waals surface area contributed by atoms with E-state index in [2.05, 4.69) is 43.5 Å². The Hall–Kier alpha value is -1.02. The first-order valence-corrected chi connectivity index (χ1v) is 7.74. The molecule has 1 aromatic carbocycles. The molecular formula is C16H23ClN2. The zero-order valence-corrected chi connectivity index (χ0v) is 12.9. The van der Waals surface area contributed by atoms with E-state index >= 15 is 0 Å². The Labute approximate surface area is 120 Å². The third-order valence-electron chi connectivity index (χ3n) is 3.90. The van der Waals surface area contributed by atoms with E-state index in [9.17, 15) is 0 Å². The second-order valence-electron chi connectivity index (χ2n) is 5.25. The lowest BCUT2D eigenvalue weighted by Crippen LogP contribution is -2.12. The molecule has 0 saturated carbocycles. The fraction of sp³-hybridized carbons (Fsp3) is 0.562. The van der Waals surface area contributed by atoms with E-state index in [0.717, 1.165) is 24.3 Å². The van der Waals surface area contributed by atoms with Gasteiger partial charge in [-0.25, -0.2) is 4.98 Å². The number of hydrogen-bond acceptors (Lipinski definition) is 1. The largest absolute Gasteiger partial charge is 0.328 e. The Balaban J connectivity index is 2.46. The summed E-state index contributed by atoms with van der Waals surface area (Å²) < 4.78 is 2.38. The molecule has 104 valence electrons.